The van der Waals surface area contributed by atoms with Gasteiger partial charge in [0, 0.05) is 12.1 Å². The minimum atomic E-state index is -0.676. The van der Waals surface area contributed by atoms with E-state index in [9.17, 15) is 15.0 Å². The molecular formula is C20H25NO3. The maximum Gasteiger partial charge on any atom is 0.251 e. The molecule has 0 fully saturated rings. The number of aromatic hydroxyl groups is 1. The molecule has 4 nitrogen and oxygen atoms in total. The molecule has 0 atom stereocenters. The van der Waals surface area contributed by atoms with Crippen LogP contribution in [0.3, 0.4) is 0 Å². The van der Waals surface area contributed by atoms with E-state index in [2.05, 4.69) is 5.32 Å². The van der Waals surface area contributed by atoms with E-state index in [1.165, 1.54) is 0 Å². The Morgan fingerprint density at radius 2 is 1.50 bits per heavy atom. The third kappa shape index (κ3) is 6.05. The number of benzene rings is 2. The van der Waals surface area contributed by atoms with Crippen molar-refractivity contribution in [2.45, 2.75) is 38.7 Å². The molecule has 2 aromatic rings. The van der Waals surface area contributed by atoms with Crippen LogP contribution >= 0.6 is 0 Å². The van der Waals surface area contributed by atoms with Crippen LogP contribution in [0, 0.1) is 0 Å². The molecule has 0 unspecified atom stereocenters. The smallest absolute Gasteiger partial charge is 0.251 e. The summed E-state index contributed by atoms with van der Waals surface area (Å²) in [5.41, 5.74) is 2.13. The zero-order valence-corrected chi connectivity index (χ0v) is 14.2. The molecule has 128 valence electrons. The van der Waals surface area contributed by atoms with Gasteiger partial charge < -0.3 is 15.5 Å². The molecule has 0 spiro atoms. The Morgan fingerprint density at radius 3 is 2.08 bits per heavy atom. The monoisotopic (exact) mass is 327 g/mol. The van der Waals surface area contributed by atoms with Crippen molar-refractivity contribution >= 4 is 5.91 Å². The molecule has 0 saturated heterocycles. The lowest BCUT2D eigenvalue weighted by atomic mass is 9.98. The van der Waals surface area contributed by atoms with Crippen molar-refractivity contribution in [1.29, 1.82) is 0 Å². The van der Waals surface area contributed by atoms with Gasteiger partial charge in [0.1, 0.15) is 5.75 Å². The summed E-state index contributed by atoms with van der Waals surface area (Å²) in [6.45, 7) is 4.13. The van der Waals surface area contributed by atoms with E-state index in [1.807, 2.05) is 36.4 Å². The molecule has 2 rings (SSSR count). The predicted molar refractivity (Wildman–Crippen MR) is 95.2 cm³/mol. The van der Waals surface area contributed by atoms with Gasteiger partial charge in [-0.25, -0.2) is 0 Å². The van der Waals surface area contributed by atoms with Gasteiger partial charge in [-0.1, -0.05) is 24.3 Å². The number of nitrogens with one attached hydrogen (secondary N) is 1. The minimum absolute atomic E-state index is 0.0946. The highest BCUT2D eigenvalue weighted by molar-refractivity contribution is 5.94. The van der Waals surface area contributed by atoms with Gasteiger partial charge in [-0.3, -0.25) is 4.79 Å². The number of phenolic OH excluding ortho intramolecular Hbond substituents is 1. The van der Waals surface area contributed by atoms with Crippen molar-refractivity contribution in [3.63, 3.8) is 0 Å². The van der Waals surface area contributed by atoms with Crippen molar-refractivity contribution in [2.75, 3.05) is 6.54 Å². The number of hydrogen-bond acceptors (Lipinski definition) is 3. The highest BCUT2D eigenvalue weighted by Crippen LogP contribution is 2.14. The van der Waals surface area contributed by atoms with E-state index in [-0.39, 0.29) is 11.7 Å². The van der Waals surface area contributed by atoms with Crippen LogP contribution in [0.5, 0.6) is 5.75 Å². The summed E-state index contributed by atoms with van der Waals surface area (Å²) < 4.78 is 0. The van der Waals surface area contributed by atoms with E-state index in [4.69, 9.17) is 0 Å². The van der Waals surface area contributed by atoms with Crippen LogP contribution in [0.2, 0.25) is 0 Å². The number of aryl methyl sites for hydroxylation is 1. The van der Waals surface area contributed by atoms with E-state index >= 15 is 0 Å². The highest BCUT2D eigenvalue weighted by atomic mass is 16.3. The predicted octanol–water partition coefficient (Wildman–Crippen LogP) is 3.07. The van der Waals surface area contributed by atoms with Crippen molar-refractivity contribution < 1.29 is 15.0 Å². The van der Waals surface area contributed by atoms with Gasteiger partial charge in [0.25, 0.3) is 5.91 Å². The fraction of sp³-hybridized carbons (Fsp3) is 0.350. The second-order valence-corrected chi connectivity index (χ2v) is 6.68. The molecule has 0 saturated carbocycles. The van der Waals surface area contributed by atoms with Crippen LogP contribution < -0.4 is 5.32 Å². The summed E-state index contributed by atoms with van der Waals surface area (Å²) in [6.07, 6.45) is 2.19. The molecule has 0 aliphatic carbocycles. The number of carbonyl (C=O) groups is 1. The first kappa shape index (κ1) is 18.0. The largest absolute Gasteiger partial charge is 0.508 e. The van der Waals surface area contributed by atoms with Crippen molar-refractivity contribution in [2.24, 2.45) is 0 Å². The number of rotatable bonds is 7. The Kier molecular flexibility index (Phi) is 5.99. The van der Waals surface area contributed by atoms with E-state index in [0.29, 0.717) is 18.5 Å². The first-order chi connectivity index (χ1) is 11.3. The number of amides is 1. The van der Waals surface area contributed by atoms with Crippen LogP contribution in [-0.4, -0.2) is 28.3 Å². The zero-order chi connectivity index (χ0) is 17.6. The molecule has 0 aliphatic rings. The fourth-order valence-corrected chi connectivity index (χ4v) is 2.36. The number of carbonyl (C=O) groups excluding carboxylic acids is 1. The molecule has 0 heterocycles. The maximum absolute atomic E-state index is 12.1. The Balaban J connectivity index is 1.80. The van der Waals surface area contributed by atoms with Crippen LogP contribution in [0.1, 0.15) is 41.8 Å². The molecule has 0 aliphatic heterocycles. The Hall–Kier alpha value is -2.33. The van der Waals surface area contributed by atoms with Crippen molar-refractivity contribution in [3.8, 4) is 5.75 Å². The molecule has 0 aromatic heterocycles. The van der Waals surface area contributed by atoms with E-state index in [0.717, 1.165) is 24.0 Å². The number of aliphatic hydroxyl groups is 1. The Bertz CT molecular complexity index is 655. The van der Waals surface area contributed by atoms with Gasteiger partial charge in [-0.15, -0.1) is 0 Å². The van der Waals surface area contributed by atoms with Crippen molar-refractivity contribution in [1.82, 2.24) is 5.32 Å². The third-order valence-corrected chi connectivity index (χ3v) is 3.88. The summed E-state index contributed by atoms with van der Waals surface area (Å²) in [4.78, 5) is 12.1. The lowest BCUT2D eigenvalue weighted by molar-refractivity contribution is 0.0713. The molecular weight excluding hydrogens is 302 g/mol. The summed E-state index contributed by atoms with van der Waals surface area (Å²) in [5.74, 6) is 0.148. The molecule has 4 heteroatoms. The number of phenols is 1. The van der Waals surface area contributed by atoms with Crippen LogP contribution in [0.4, 0.5) is 0 Å². The number of hydrogen-bond donors (Lipinski definition) is 3. The summed E-state index contributed by atoms with van der Waals surface area (Å²) >= 11 is 0. The first-order valence-corrected chi connectivity index (χ1v) is 8.21. The third-order valence-electron chi connectivity index (χ3n) is 3.88. The molecule has 24 heavy (non-hydrogen) atoms. The average Bonchev–Trinajstić information content (AvgIpc) is 2.54. The molecule has 0 bridgehead atoms. The topological polar surface area (TPSA) is 69.6 Å². The van der Waals surface area contributed by atoms with Gasteiger partial charge in [0.05, 0.1) is 5.60 Å². The first-order valence-electron chi connectivity index (χ1n) is 8.21. The minimum Gasteiger partial charge on any atom is -0.508 e. The summed E-state index contributed by atoms with van der Waals surface area (Å²) in [6, 6.07) is 14.5. The van der Waals surface area contributed by atoms with Crippen LogP contribution in [0.15, 0.2) is 48.5 Å². The highest BCUT2D eigenvalue weighted by Gasteiger charge is 2.12. The van der Waals surface area contributed by atoms with Crippen LogP contribution in [-0.2, 0) is 12.8 Å². The maximum atomic E-state index is 12.1. The van der Waals surface area contributed by atoms with Gasteiger partial charge in [0.2, 0.25) is 0 Å². The molecule has 3 N–H and O–H groups in total. The SMILES string of the molecule is CC(C)(O)CCc1ccc(C(=O)NCCc2ccc(O)cc2)cc1. The Labute approximate surface area is 143 Å². The zero-order valence-electron chi connectivity index (χ0n) is 14.2. The quantitative estimate of drug-likeness (QED) is 0.732. The molecule has 1 amide bonds. The Morgan fingerprint density at radius 1 is 0.958 bits per heavy atom. The van der Waals surface area contributed by atoms with Gasteiger partial charge in [0.15, 0.2) is 0 Å². The fourth-order valence-electron chi connectivity index (χ4n) is 2.36. The molecule has 0 radical (unpaired) electrons. The summed E-state index contributed by atoms with van der Waals surface area (Å²) in [5, 5.41) is 21.9. The van der Waals surface area contributed by atoms with E-state index in [1.54, 1.807) is 26.0 Å². The standard InChI is InChI=1S/C20H25NO3/c1-20(2,24)13-11-15-3-7-17(8-4-15)19(23)21-14-12-16-5-9-18(22)10-6-16/h3-10,22,24H,11-14H2,1-2H3,(H,21,23). The summed E-state index contributed by atoms with van der Waals surface area (Å²) in [7, 11) is 0. The lowest BCUT2D eigenvalue weighted by Crippen LogP contribution is -2.25. The van der Waals surface area contributed by atoms with E-state index < -0.39 is 5.60 Å². The second kappa shape index (κ2) is 7.97. The van der Waals surface area contributed by atoms with Gasteiger partial charge in [-0.2, -0.15) is 0 Å². The van der Waals surface area contributed by atoms with Gasteiger partial charge >= 0.3 is 0 Å². The van der Waals surface area contributed by atoms with Crippen molar-refractivity contribution in [3.05, 3.63) is 65.2 Å². The molecule has 2 aromatic carbocycles. The van der Waals surface area contributed by atoms with Gasteiger partial charge in [-0.05, 0) is 68.5 Å². The second-order valence-electron chi connectivity index (χ2n) is 6.68. The lowest BCUT2D eigenvalue weighted by Gasteiger charge is -2.16. The average molecular weight is 327 g/mol. The normalized spacial score (nSPS) is 11.3. The van der Waals surface area contributed by atoms with Crippen LogP contribution in [0.25, 0.3) is 0 Å².